The van der Waals surface area contributed by atoms with Crippen molar-refractivity contribution in [2.75, 3.05) is 6.54 Å². The minimum atomic E-state index is -0.697. The number of ether oxygens (including phenoxy) is 1. The van der Waals surface area contributed by atoms with Crippen LogP contribution in [-0.2, 0) is 4.74 Å². The molecular formula is C15H17F2NO2. The molecule has 108 valence electrons. The van der Waals surface area contributed by atoms with Gasteiger partial charge in [0.15, 0.2) is 0 Å². The normalized spacial score (nSPS) is 10.4. The van der Waals surface area contributed by atoms with Crippen LogP contribution in [0.2, 0.25) is 0 Å². The first kappa shape index (κ1) is 16.0. The van der Waals surface area contributed by atoms with Crippen molar-refractivity contribution in [3.8, 4) is 11.8 Å². The Hall–Kier alpha value is -2.09. The predicted molar refractivity (Wildman–Crippen MR) is 72.1 cm³/mol. The fraction of sp³-hybridized carbons (Fsp3) is 0.400. The van der Waals surface area contributed by atoms with Gasteiger partial charge in [-0.2, -0.15) is 0 Å². The number of benzene rings is 1. The molecule has 1 aromatic rings. The minimum Gasteiger partial charge on any atom is -0.444 e. The lowest BCUT2D eigenvalue weighted by Crippen LogP contribution is -2.32. The Labute approximate surface area is 117 Å². The van der Waals surface area contributed by atoms with E-state index in [9.17, 15) is 13.6 Å². The lowest BCUT2D eigenvalue weighted by atomic mass is 10.2. The maximum atomic E-state index is 13.2. The van der Waals surface area contributed by atoms with E-state index < -0.39 is 23.3 Å². The van der Waals surface area contributed by atoms with Crippen molar-refractivity contribution in [1.82, 2.24) is 5.32 Å². The molecule has 0 aromatic heterocycles. The van der Waals surface area contributed by atoms with Crippen molar-refractivity contribution in [2.24, 2.45) is 0 Å². The van der Waals surface area contributed by atoms with Crippen LogP contribution in [0, 0.1) is 23.5 Å². The van der Waals surface area contributed by atoms with Crippen molar-refractivity contribution < 1.29 is 18.3 Å². The number of hydrogen-bond acceptors (Lipinski definition) is 2. The van der Waals surface area contributed by atoms with Crippen molar-refractivity contribution in [3.05, 3.63) is 35.4 Å². The zero-order valence-electron chi connectivity index (χ0n) is 11.7. The van der Waals surface area contributed by atoms with Gasteiger partial charge >= 0.3 is 6.09 Å². The van der Waals surface area contributed by atoms with Gasteiger partial charge in [-0.1, -0.05) is 11.8 Å². The maximum absolute atomic E-state index is 13.2. The molecule has 0 aliphatic rings. The largest absolute Gasteiger partial charge is 0.444 e. The Bertz CT molecular complexity index is 539. The molecule has 0 radical (unpaired) electrons. The van der Waals surface area contributed by atoms with Crippen LogP contribution < -0.4 is 5.32 Å². The number of hydrogen-bond donors (Lipinski definition) is 1. The molecule has 0 bridgehead atoms. The average Bonchev–Trinajstić information content (AvgIpc) is 2.28. The Morgan fingerprint density at radius 1 is 1.35 bits per heavy atom. The average molecular weight is 281 g/mol. The van der Waals surface area contributed by atoms with E-state index in [-0.39, 0.29) is 5.56 Å². The van der Waals surface area contributed by atoms with Gasteiger partial charge in [0.1, 0.15) is 17.2 Å². The van der Waals surface area contributed by atoms with E-state index in [1.165, 1.54) is 6.07 Å². The third kappa shape index (κ3) is 6.19. The molecular weight excluding hydrogens is 264 g/mol. The first-order valence-electron chi connectivity index (χ1n) is 6.19. The fourth-order valence-electron chi connectivity index (χ4n) is 1.29. The Morgan fingerprint density at radius 3 is 2.65 bits per heavy atom. The molecule has 3 nitrogen and oxygen atoms in total. The Kier molecular flexibility index (Phi) is 5.51. The molecule has 0 spiro atoms. The lowest BCUT2D eigenvalue weighted by molar-refractivity contribution is 0.0529. The highest BCUT2D eigenvalue weighted by atomic mass is 19.1. The number of halogens is 2. The summed E-state index contributed by atoms with van der Waals surface area (Å²) in [5.74, 6) is 3.94. The third-order valence-corrected chi connectivity index (χ3v) is 2.07. The number of rotatable bonds is 2. The van der Waals surface area contributed by atoms with Crippen LogP contribution in [0.25, 0.3) is 0 Å². The highest BCUT2D eigenvalue weighted by Gasteiger charge is 2.15. The Morgan fingerprint density at radius 2 is 2.05 bits per heavy atom. The Balaban J connectivity index is 2.38. The van der Waals surface area contributed by atoms with Gasteiger partial charge in [-0.25, -0.2) is 13.6 Å². The first-order chi connectivity index (χ1) is 9.28. The van der Waals surface area contributed by atoms with Gasteiger partial charge in [-0.3, -0.25) is 0 Å². The van der Waals surface area contributed by atoms with Gasteiger partial charge in [-0.15, -0.1) is 0 Å². The second-order valence-electron chi connectivity index (χ2n) is 5.10. The van der Waals surface area contributed by atoms with E-state index in [1.54, 1.807) is 20.8 Å². The van der Waals surface area contributed by atoms with Crippen molar-refractivity contribution in [2.45, 2.75) is 32.8 Å². The maximum Gasteiger partial charge on any atom is 0.407 e. The number of carbonyl (C=O) groups is 1. The van der Waals surface area contributed by atoms with Crippen LogP contribution in [0.4, 0.5) is 13.6 Å². The zero-order valence-corrected chi connectivity index (χ0v) is 11.7. The quantitative estimate of drug-likeness (QED) is 0.667. The molecule has 20 heavy (non-hydrogen) atoms. The van der Waals surface area contributed by atoms with Crippen LogP contribution in [0.3, 0.4) is 0 Å². The molecule has 0 saturated carbocycles. The summed E-state index contributed by atoms with van der Waals surface area (Å²) >= 11 is 0. The van der Waals surface area contributed by atoms with Gasteiger partial charge in [-0.05, 0) is 32.9 Å². The summed E-state index contributed by atoms with van der Waals surface area (Å²) in [6.45, 7) is 5.60. The van der Waals surface area contributed by atoms with Crippen molar-refractivity contribution in [3.63, 3.8) is 0 Å². The van der Waals surface area contributed by atoms with Crippen LogP contribution >= 0.6 is 0 Å². The third-order valence-electron chi connectivity index (χ3n) is 2.07. The number of nitrogens with one attached hydrogen (secondary N) is 1. The summed E-state index contributed by atoms with van der Waals surface area (Å²) in [6.07, 6.45) is -0.178. The summed E-state index contributed by atoms with van der Waals surface area (Å²) in [5.41, 5.74) is -0.420. The molecule has 1 N–H and O–H groups in total. The van der Waals surface area contributed by atoms with Gasteiger partial charge in [0, 0.05) is 19.0 Å². The predicted octanol–water partition coefficient (Wildman–Crippen LogP) is 3.23. The van der Waals surface area contributed by atoms with E-state index in [4.69, 9.17) is 4.74 Å². The number of alkyl carbamates (subject to hydrolysis) is 1. The van der Waals surface area contributed by atoms with E-state index in [0.717, 1.165) is 12.1 Å². The van der Waals surface area contributed by atoms with E-state index in [1.807, 2.05) is 0 Å². The first-order valence-corrected chi connectivity index (χ1v) is 6.19. The highest BCUT2D eigenvalue weighted by molar-refractivity contribution is 5.67. The van der Waals surface area contributed by atoms with Crippen LogP contribution in [0.15, 0.2) is 18.2 Å². The molecule has 0 aliphatic heterocycles. The monoisotopic (exact) mass is 281 g/mol. The molecule has 5 heteroatoms. The van der Waals surface area contributed by atoms with E-state index in [0.29, 0.717) is 13.0 Å². The van der Waals surface area contributed by atoms with Crippen LogP contribution in [-0.4, -0.2) is 18.2 Å². The summed E-state index contributed by atoms with van der Waals surface area (Å²) in [6, 6.07) is 3.20. The standard InChI is InChI=1S/C15H17F2NO2/c1-15(2,3)20-14(19)18-9-5-4-6-11-7-8-12(16)10-13(11)17/h7-8,10H,5,9H2,1-3H3,(H,18,19). The van der Waals surface area contributed by atoms with E-state index >= 15 is 0 Å². The van der Waals surface area contributed by atoms with Crippen LogP contribution in [0.1, 0.15) is 32.8 Å². The van der Waals surface area contributed by atoms with Gasteiger partial charge in [0.25, 0.3) is 0 Å². The molecule has 0 unspecified atom stereocenters. The van der Waals surface area contributed by atoms with Gasteiger partial charge in [0.2, 0.25) is 0 Å². The summed E-state index contributed by atoms with van der Waals surface area (Å²) in [4.78, 5) is 11.3. The van der Waals surface area contributed by atoms with Crippen molar-refractivity contribution >= 4 is 6.09 Å². The highest BCUT2D eigenvalue weighted by Crippen LogP contribution is 2.08. The molecule has 0 aliphatic carbocycles. The van der Waals surface area contributed by atoms with Crippen molar-refractivity contribution in [1.29, 1.82) is 0 Å². The SMILES string of the molecule is CC(C)(C)OC(=O)NCCC#Cc1ccc(F)cc1F. The minimum absolute atomic E-state index is 0.128. The van der Waals surface area contributed by atoms with Crippen LogP contribution in [0.5, 0.6) is 0 Å². The molecule has 1 aromatic carbocycles. The molecule has 0 fully saturated rings. The summed E-state index contributed by atoms with van der Waals surface area (Å²) < 4.78 is 30.9. The summed E-state index contributed by atoms with van der Waals surface area (Å²) in [7, 11) is 0. The van der Waals surface area contributed by atoms with E-state index in [2.05, 4.69) is 17.2 Å². The van der Waals surface area contributed by atoms with Gasteiger partial charge in [0.05, 0.1) is 5.56 Å². The fourth-order valence-corrected chi connectivity index (χ4v) is 1.29. The molecule has 0 atom stereocenters. The van der Waals surface area contributed by atoms with Gasteiger partial charge < -0.3 is 10.1 Å². The second kappa shape index (κ2) is 6.90. The second-order valence-corrected chi connectivity index (χ2v) is 5.10. The smallest absolute Gasteiger partial charge is 0.407 e. The molecule has 1 amide bonds. The topological polar surface area (TPSA) is 38.3 Å². The molecule has 1 rings (SSSR count). The summed E-state index contributed by atoms with van der Waals surface area (Å²) in [5, 5.41) is 2.53. The lowest BCUT2D eigenvalue weighted by Gasteiger charge is -2.19. The number of carbonyl (C=O) groups excluding carboxylic acids is 1. The number of amides is 1. The zero-order chi connectivity index (χ0) is 15.2. The molecule has 0 saturated heterocycles. The molecule has 0 heterocycles.